The number of rotatable bonds is 56. The summed E-state index contributed by atoms with van der Waals surface area (Å²) >= 11 is 0. The molecule has 19 heteroatoms. The molecule has 0 aromatic carbocycles. The Morgan fingerprint density at radius 3 is 1.16 bits per heavy atom. The molecular formula is C73H131NO18. The molecule has 3 heterocycles. The predicted molar refractivity (Wildman–Crippen MR) is 360 cm³/mol. The summed E-state index contributed by atoms with van der Waals surface area (Å²) in [5, 5.41) is 121. The number of aliphatic hydroxyl groups excluding tert-OH is 11. The van der Waals surface area contributed by atoms with Crippen molar-refractivity contribution in [3.8, 4) is 0 Å². The van der Waals surface area contributed by atoms with E-state index >= 15 is 0 Å². The first-order valence-electron chi connectivity index (χ1n) is 36.5. The van der Waals surface area contributed by atoms with Crippen molar-refractivity contribution in [1.82, 2.24) is 5.32 Å². The van der Waals surface area contributed by atoms with E-state index in [1.807, 2.05) is 0 Å². The van der Waals surface area contributed by atoms with Crippen molar-refractivity contribution in [3.05, 3.63) is 60.8 Å². The highest BCUT2D eigenvalue weighted by Gasteiger charge is 2.53. The van der Waals surface area contributed by atoms with Crippen LogP contribution in [0.15, 0.2) is 60.8 Å². The molecule has 17 atom stereocenters. The summed E-state index contributed by atoms with van der Waals surface area (Å²) in [5.41, 5.74) is 0. The fourth-order valence-corrected chi connectivity index (χ4v) is 12.2. The fourth-order valence-electron chi connectivity index (χ4n) is 12.2. The number of unbranched alkanes of at least 4 members (excludes halogenated alkanes) is 30. The van der Waals surface area contributed by atoms with Gasteiger partial charge >= 0.3 is 0 Å². The monoisotopic (exact) mass is 1310 g/mol. The van der Waals surface area contributed by atoms with E-state index in [0.29, 0.717) is 12.8 Å². The number of carbonyl (C=O) groups is 1. The summed E-state index contributed by atoms with van der Waals surface area (Å²) in [6.07, 6.45) is 40.2. The third kappa shape index (κ3) is 35.7. The van der Waals surface area contributed by atoms with Crippen LogP contribution in [-0.4, -0.2) is 193 Å². The maximum absolute atomic E-state index is 13.4. The molecule has 3 saturated heterocycles. The van der Waals surface area contributed by atoms with Gasteiger partial charge < -0.3 is 89.9 Å². The summed E-state index contributed by atoms with van der Waals surface area (Å²) in [5.74, 6) is -0.273. The maximum atomic E-state index is 13.4. The van der Waals surface area contributed by atoms with Crippen LogP contribution in [0.1, 0.15) is 264 Å². The topological polar surface area (TPSA) is 307 Å². The van der Waals surface area contributed by atoms with E-state index in [-0.39, 0.29) is 18.9 Å². The SMILES string of the molecule is CC/C=C\C/C=C\C/C=C\C/C=C\C/C=C\CCCCCC(=O)NC(COC1OC(CO)C(OC2OC(CO)C(OC3OC(CO)C(O)C(O)C3O)C(O)C2O)C(O)C1O)C(O)CCCCCCCCCCCCCCCCCCCCCCCCCCCCCC. The Kier molecular flexibility index (Phi) is 49.6. The van der Waals surface area contributed by atoms with E-state index in [1.165, 1.54) is 154 Å². The summed E-state index contributed by atoms with van der Waals surface area (Å²) in [7, 11) is 0. The second kappa shape index (κ2) is 54.5. The highest BCUT2D eigenvalue weighted by Crippen LogP contribution is 2.33. The molecule has 0 radical (unpaired) electrons. The van der Waals surface area contributed by atoms with Gasteiger partial charge in [0.15, 0.2) is 18.9 Å². The van der Waals surface area contributed by atoms with Gasteiger partial charge in [-0.25, -0.2) is 0 Å². The average Bonchev–Trinajstić information content (AvgIpc) is 0.855. The van der Waals surface area contributed by atoms with E-state index < -0.39 is 124 Å². The second-order valence-electron chi connectivity index (χ2n) is 26.0. The van der Waals surface area contributed by atoms with Crippen LogP contribution in [0.2, 0.25) is 0 Å². The van der Waals surface area contributed by atoms with Gasteiger partial charge in [-0.2, -0.15) is 0 Å². The van der Waals surface area contributed by atoms with Crippen LogP contribution in [-0.2, 0) is 33.2 Å². The number of hydrogen-bond acceptors (Lipinski definition) is 18. The lowest BCUT2D eigenvalue weighted by molar-refractivity contribution is -0.379. The number of amides is 1. The average molecular weight is 1310 g/mol. The van der Waals surface area contributed by atoms with E-state index in [9.17, 15) is 61.0 Å². The molecule has 536 valence electrons. The van der Waals surface area contributed by atoms with E-state index in [2.05, 4.69) is 79.9 Å². The maximum Gasteiger partial charge on any atom is 0.220 e. The lowest BCUT2D eigenvalue weighted by Gasteiger charge is -2.48. The first-order chi connectivity index (χ1) is 44.8. The molecule has 3 aliphatic heterocycles. The molecule has 3 fully saturated rings. The molecule has 3 rings (SSSR count). The zero-order valence-electron chi connectivity index (χ0n) is 56.8. The van der Waals surface area contributed by atoms with Gasteiger partial charge in [-0.05, 0) is 57.8 Å². The van der Waals surface area contributed by atoms with Gasteiger partial charge in [0, 0.05) is 6.42 Å². The van der Waals surface area contributed by atoms with E-state index in [0.717, 1.165) is 77.0 Å². The van der Waals surface area contributed by atoms with E-state index in [1.54, 1.807) is 0 Å². The van der Waals surface area contributed by atoms with Crippen LogP contribution in [0.25, 0.3) is 0 Å². The molecule has 17 unspecified atom stereocenters. The zero-order valence-corrected chi connectivity index (χ0v) is 56.8. The molecule has 0 aromatic heterocycles. The first kappa shape index (κ1) is 83.7. The molecule has 0 aliphatic carbocycles. The number of aliphatic hydroxyl groups is 11. The van der Waals surface area contributed by atoms with Gasteiger partial charge in [-0.1, -0.05) is 261 Å². The van der Waals surface area contributed by atoms with Gasteiger partial charge in [0.2, 0.25) is 5.91 Å². The highest BCUT2D eigenvalue weighted by atomic mass is 16.8. The van der Waals surface area contributed by atoms with Crippen LogP contribution in [0.3, 0.4) is 0 Å². The fraction of sp³-hybridized carbons (Fsp3) is 0.849. The molecular weight excluding hydrogens is 1180 g/mol. The molecule has 19 nitrogen and oxygen atoms in total. The molecule has 1 amide bonds. The molecule has 0 saturated carbocycles. The molecule has 3 aliphatic rings. The van der Waals surface area contributed by atoms with E-state index in [4.69, 9.17) is 28.4 Å². The van der Waals surface area contributed by atoms with Gasteiger partial charge in [-0.15, -0.1) is 0 Å². The van der Waals surface area contributed by atoms with Gasteiger partial charge in [0.1, 0.15) is 73.2 Å². The third-order valence-electron chi connectivity index (χ3n) is 18.1. The Morgan fingerprint density at radius 2 is 0.750 bits per heavy atom. The number of hydrogen-bond donors (Lipinski definition) is 12. The lowest BCUT2D eigenvalue weighted by atomic mass is 9.96. The van der Waals surface area contributed by atoms with Crippen molar-refractivity contribution in [1.29, 1.82) is 0 Å². The van der Waals surface area contributed by atoms with Crippen LogP contribution < -0.4 is 5.32 Å². The third-order valence-corrected chi connectivity index (χ3v) is 18.1. The summed E-state index contributed by atoms with van der Waals surface area (Å²) in [6.45, 7) is 1.68. The normalized spacial score (nSPS) is 28.0. The lowest BCUT2D eigenvalue weighted by Crippen LogP contribution is -2.66. The second-order valence-corrected chi connectivity index (χ2v) is 26.0. The van der Waals surface area contributed by atoms with Crippen LogP contribution in [0.5, 0.6) is 0 Å². The minimum atomic E-state index is -1.98. The van der Waals surface area contributed by atoms with Crippen molar-refractivity contribution >= 4 is 5.91 Å². The number of carbonyl (C=O) groups excluding carboxylic acids is 1. The molecule has 12 N–H and O–H groups in total. The Morgan fingerprint density at radius 1 is 0.402 bits per heavy atom. The molecule has 0 aromatic rings. The molecule has 92 heavy (non-hydrogen) atoms. The number of ether oxygens (including phenoxy) is 6. The Labute approximate surface area is 554 Å². The quantitative estimate of drug-likeness (QED) is 0.0199. The summed E-state index contributed by atoms with van der Waals surface area (Å²) < 4.78 is 34.4. The highest BCUT2D eigenvalue weighted by molar-refractivity contribution is 5.76. The van der Waals surface area contributed by atoms with Gasteiger partial charge in [0.05, 0.1) is 38.6 Å². The minimum absolute atomic E-state index is 0.225. The van der Waals surface area contributed by atoms with Crippen molar-refractivity contribution in [2.45, 2.75) is 369 Å². The molecule has 0 spiro atoms. The van der Waals surface area contributed by atoms with Crippen LogP contribution in [0.4, 0.5) is 0 Å². The Hall–Kier alpha value is -2.51. The van der Waals surface area contributed by atoms with Crippen molar-refractivity contribution < 1.29 is 89.4 Å². The smallest absolute Gasteiger partial charge is 0.220 e. The Balaban J connectivity index is 1.41. The molecule has 0 bridgehead atoms. The van der Waals surface area contributed by atoms with Gasteiger partial charge in [-0.3, -0.25) is 4.79 Å². The van der Waals surface area contributed by atoms with Crippen LogP contribution in [0, 0.1) is 0 Å². The van der Waals surface area contributed by atoms with Crippen molar-refractivity contribution in [3.63, 3.8) is 0 Å². The largest absolute Gasteiger partial charge is 0.394 e. The Bertz CT molecular complexity index is 1900. The predicted octanol–water partition coefficient (Wildman–Crippen LogP) is 10.3. The standard InChI is InChI=1S/C73H131NO18/c1-3-5-7-9-11-13-15-17-19-21-23-24-25-26-27-28-29-30-31-33-34-36-38-40-42-44-46-48-50-57(78)56(74-61(79)51-49-47-45-43-41-39-37-35-32-22-20-18-16-14-12-10-8-6-4-2)55-87-71-67(85)64(82)69(59(53-76)89-71)92-73-68(86)65(83)70(60(54-77)90-73)91-72-66(84)63(81)62(80)58(52-75)88-72/h6,8,12,14,18,20,32,35,39,41,56-60,62-73,75-78,80-86H,3-5,7,9-11,13,15-17,19,21-31,33-34,36-38,40,42-55H2,1-2H3,(H,74,79)/b8-6-,14-12-,20-18-,35-32-,41-39-. The number of nitrogens with one attached hydrogen (secondary N) is 1. The number of allylic oxidation sites excluding steroid dienone is 10. The summed E-state index contributed by atoms with van der Waals surface area (Å²) in [4.78, 5) is 13.4. The first-order valence-corrected chi connectivity index (χ1v) is 36.5. The van der Waals surface area contributed by atoms with Crippen molar-refractivity contribution in [2.24, 2.45) is 0 Å². The minimum Gasteiger partial charge on any atom is -0.394 e. The van der Waals surface area contributed by atoms with Crippen LogP contribution >= 0.6 is 0 Å². The van der Waals surface area contributed by atoms with Crippen molar-refractivity contribution in [2.75, 3.05) is 26.4 Å². The summed E-state index contributed by atoms with van der Waals surface area (Å²) in [6, 6.07) is -0.909. The van der Waals surface area contributed by atoms with Gasteiger partial charge in [0.25, 0.3) is 0 Å². The zero-order chi connectivity index (χ0) is 66.8.